The first-order valence-corrected chi connectivity index (χ1v) is 9.37. The van der Waals surface area contributed by atoms with Crippen molar-refractivity contribution in [3.05, 3.63) is 47.0 Å². The maximum absolute atomic E-state index is 12.2. The number of aromatic nitrogens is 4. The van der Waals surface area contributed by atoms with Gasteiger partial charge in [-0.15, -0.1) is 0 Å². The second-order valence-electron chi connectivity index (χ2n) is 5.84. The van der Waals surface area contributed by atoms with Crippen LogP contribution in [-0.2, 0) is 17.8 Å². The Bertz CT molecular complexity index is 849. The zero-order valence-corrected chi connectivity index (χ0v) is 15.4. The summed E-state index contributed by atoms with van der Waals surface area (Å²) in [5.41, 5.74) is 4.83. The average molecular weight is 355 g/mol. The molecule has 0 saturated carbocycles. The summed E-state index contributed by atoms with van der Waals surface area (Å²) in [6.07, 6.45) is 3.00. The van der Waals surface area contributed by atoms with Crippen molar-refractivity contribution >= 4 is 28.7 Å². The normalized spacial score (nSPS) is 11.0. The number of nitrogens with zero attached hydrogens (tertiary/aromatic N) is 3. The molecule has 2 aromatic heterocycles. The van der Waals surface area contributed by atoms with Crippen LogP contribution in [-0.4, -0.2) is 32.1 Å². The van der Waals surface area contributed by atoms with Gasteiger partial charge >= 0.3 is 0 Å². The van der Waals surface area contributed by atoms with Gasteiger partial charge in [0.2, 0.25) is 5.91 Å². The van der Waals surface area contributed by atoms with Gasteiger partial charge in [-0.2, -0.15) is 0 Å². The molecule has 2 N–H and O–H groups in total. The van der Waals surface area contributed by atoms with E-state index in [0.717, 1.165) is 39.0 Å². The van der Waals surface area contributed by atoms with Crippen LogP contribution in [0.1, 0.15) is 29.2 Å². The standard InChI is InChI=1S/C18H21N5OS/c1-11-13(12(2)21-18(20-11)25-3)8-9-17(24)19-10-16-22-14-6-4-5-7-15(14)23-16/h4-7H,8-10H2,1-3H3,(H,19,24)(H,22,23). The van der Waals surface area contributed by atoms with Crippen molar-refractivity contribution in [2.45, 2.75) is 38.4 Å². The van der Waals surface area contributed by atoms with Gasteiger partial charge in [-0.3, -0.25) is 4.79 Å². The Hall–Kier alpha value is -2.41. The predicted molar refractivity (Wildman–Crippen MR) is 99.5 cm³/mol. The first-order chi connectivity index (χ1) is 12.1. The van der Waals surface area contributed by atoms with Crippen molar-refractivity contribution in [3.8, 4) is 0 Å². The Morgan fingerprint density at radius 2 is 1.88 bits per heavy atom. The molecule has 1 amide bonds. The number of carbonyl (C=O) groups is 1. The van der Waals surface area contributed by atoms with Crippen LogP contribution >= 0.6 is 11.8 Å². The Balaban J connectivity index is 1.56. The summed E-state index contributed by atoms with van der Waals surface area (Å²) in [5, 5.41) is 3.69. The Labute approximate surface area is 150 Å². The summed E-state index contributed by atoms with van der Waals surface area (Å²) in [4.78, 5) is 28.7. The lowest BCUT2D eigenvalue weighted by atomic mass is 10.1. The highest BCUT2D eigenvalue weighted by atomic mass is 32.2. The van der Waals surface area contributed by atoms with Crippen molar-refractivity contribution in [2.24, 2.45) is 0 Å². The molecule has 0 radical (unpaired) electrons. The molecule has 0 aliphatic heterocycles. The summed E-state index contributed by atoms with van der Waals surface area (Å²) < 4.78 is 0. The van der Waals surface area contributed by atoms with Crippen molar-refractivity contribution in [1.29, 1.82) is 0 Å². The number of amides is 1. The zero-order chi connectivity index (χ0) is 17.8. The lowest BCUT2D eigenvalue weighted by Gasteiger charge is -2.10. The molecule has 3 rings (SSSR count). The molecule has 25 heavy (non-hydrogen) atoms. The molecule has 0 spiro atoms. The van der Waals surface area contributed by atoms with Crippen LogP contribution in [0.5, 0.6) is 0 Å². The zero-order valence-electron chi connectivity index (χ0n) is 14.6. The molecule has 0 aliphatic carbocycles. The van der Waals surface area contributed by atoms with Gasteiger partial charge in [-0.1, -0.05) is 23.9 Å². The van der Waals surface area contributed by atoms with Crippen LogP contribution in [0.15, 0.2) is 29.4 Å². The molecule has 0 atom stereocenters. The Morgan fingerprint density at radius 3 is 2.56 bits per heavy atom. The van der Waals surface area contributed by atoms with Crippen LogP contribution in [0.25, 0.3) is 11.0 Å². The first kappa shape index (κ1) is 17.4. The lowest BCUT2D eigenvalue weighted by molar-refractivity contribution is -0.121. The molecular weight excluding hydrogens is 334 g/mol. The number of H-pyrrole nitrogens is 1. The van der Waals surface area contributed by atoms with Gasteiger partial charge in [0.1, 0.15) is 5.82 Å². The number of benzene rings is 1. The predicted octanol–water partition coefficient (Wildman–Crippen LogP) is 2.94. The van der Waals surface area contributed by atoms with Gasteiger partial charge in [-0.05, 0) is 44.2 Å². The molecule has 0 bridgehead atoms. The fraction of sp³-hybridized carbons (Fsp3) is 0.333. The fourth-order valence-corrected chi connectivity index (χ4v) is 3.22. The van der Waals surface area contributed by atoms with Gasteiger partial charge in [0, 0.05) is 17.8 Å². The molecule has 130 valence electrons. The number of aromatic amines is 1. The highest BCUT2D eigenvalue weighted by molar-refractivity contribution is 7.98. The molecule has 2 heterocycles. The van der Waals surface area contributed by atoms with E-state index in [1.807, 2.05) is 44.4 Å². The minimum Gasteiger partial charge on any atom is -0.349 e. The Morgan fingerprint density at radius 1 is 1.16 bits per heavy atom. The van der Waals surface area contributed by atoms with Crippen molar-refractivity contribution in [2.75, 3.05) is 6.26 Å². The third-order valence-electron chi connectivity index (χ3n) is 4.08. The largest absolute Gasteiger partial charge is 0.349 e. The highest BCUT2D eigenvalue weighted by Crippen LogP contribution is 2.17. The van der Waals surface area contributed by atoms with Crippen LogP contribution < -0.4 is 5.32 Å². The molecule has 0 aliphatic rings. The second kappa shape index (κ2) is 7.65. The van der Waals surface area contributed by atoms with E-state index in [-0.39, 0.29) is 5.91 Å². The average Bonchev–Trinajstić information content (AvgIpc) is 3.02. The summed E-state index contributed by atoms with van der Waals surface area (Å²) in [7, 11) is 0. The minimum atomic E-state index is -0.00630. The SMILES string of the molecule is CSc1nc(C)c(CCC(=O)NCc2nc3ccccc3[nH]2)c(C)n1. The number of hydrogen-bond donors (Lipinski definition) is 2. The highest BCUT2D eigenvalue weighted by Gasteiger charge is 2.11. The van der Waals surface area contributed by atoms with Crippen LogP contribution in [0.2, 0.25) is 0 Å². The number of imidazole rings is 1. The topological polar surface area (TPSA) is 83.6 Å². The van der Waals surface area contributed by atoms with E-state index in [9.17, 15) is 4.79 Å². The number of rotatable bonds is 6. The first-order valence-electron chi connectivity index (χ1n) is 8.15. The molecule has 6 nitrogen and oxygen atoms in total. The maximum atomic E-state index is 12.2. The number of fused-ring (bicyclic) bond motifs is 1. The third-order valence-corrected chi connectivity index (χ3v) is 4.62. The maximum Gasteiger partial charge on any atom is 0.220 e. The fourth-order valence-electron chi connectivity index (χ4n) is 2.76. The molecule has 0 unspecified atom stereocenters. The number of carbonyl (C=O) groups excluding carboxylic acids is 1. The molecule has 7 heteroatoms. The lowest BCUT2D eigenvalue weighted by Crippen LogP contribution is -2.24. The van der Waals surface area contributed by atoms with E-state index >= 15 is 0 Å². The second-order valence-corrected chi connectivity index (χ2v) is 6.61. The van der Waals surface area contributed by atoms with E-state index in [0.29, 0.717) is 19.4 Å². The quantitative estimate of drug-likeness (QED) is 0.525. The number of para-hydroxylation sites is 2. The van der Waals surface area contributed by atoms with E-state index in [1.165, 1.54) is 11.8 Å². The monoisotopic (exact) mass is 355 g/mol. The Kier molecular flexibility index (Phi) is 5.33. The van der Waals surface area contributed by atoms with Crippen molar-refractivity contribution in [1.82, 2.24) is 25.3 Å². The van der Waals surface area contributed by atoms with Crippen LogP contribution in [0.4, 0.5) is 0 Å². The van der Waals surface area contributed by atoms with Crippen molar-refractivity contribution < 1.29 is 4.79 Å². The molecule has 1 aromatic carbocycles. The smallest absolute Gasteiger partial charge is 0.220 e. The number of nitrogens with one attached hydrogen (secondary N) is 2. The van der Waals surface area contributed by atoms with Gasteiger partial charge < -0.3 is 10.3 Å². The molecular formula is C18H21N5OS. The summed E-state index contributed by atoms with van der Waals surface area (Å²) in [6, 6.07) is 7.82. The van der Waals surface area contributed by atoms with E-state index in [4.69, 9.17) is 0 Å². The van der Waals surface area contributed by atoms with Gasteiger partial charge in [0.25, 0.3) is 0 Å². The summed E-state index contributed by atoms with van der Waals surface area (Å²) in [5.74, 6) is 0.753. The summed E-state index contributed by atoms with van der Waals surface area (Å²) in [6.45, 7) is 4.33. The van der Waals surface area contributed by atoms with E-state index in [2.05, 4.69) is 25.3 Å². The third kappa shape index (κ3) is 4.17. The summed E-state index contributed by atoms with van der Waals surface area (Å²) >= 11 is 1.53. The number of thioether (sulfide) groups is 1. The van der Waals surface area contributed by atoms with Crippen LogP contribution in [0.3, 0.4) is 0 Å². The molecule has 3 aromatic rings. The minimum absolute atomic E-state index is 0.00630. The molecule has 0 saturated heterocycles. The number of aryl methyl sites for hydroxylation is 2. The van der Waals surface area contributed by atoms with Crippen molar-refractivity contribution in [3.63, 3.8) is 0 Å². The van der Waals surface area contributed by atoms with Gasteiger partial charge in [0.05, 0.1) is 17.6 Å². The van der Waals surface area contributed by atoms with E-state index < -0.39 is 0 Å². The van der Waals surface area contributed by atoms with E-state index in [1.54, 1.807) is 0 Å². The van der Waals surface area contributed by atoms with Crippen LogP contribution in [0, 0.1) is 13.8 Å². The van der Waals surface area contributed by atoms with Gasteiger partial charge in [-0.25, -0.2) is 15.0 Å². The van der Waals surface area contributed by atoms with Gasteiger partial charge in [0.15, 0.2) is 5.16 Å². The number of hydrogen-bond acceptors (Lipinski definition) is 5. The molecule has 0 fully saturated rings.